The summed E-state index contributed by atoms with van der Waals surface area (Å²) in [5, 5.41) is 9.22. The van der Waals surface area contributed by atoms with E-state index in [1.54, 1.807) is 0 Å². The zero-order chi connectivity index (χ0) is 11.5. The van der Waals surface area contributed by atoms with Crippen molar-refractivity contribution in [3.63, 3.8) is 0 Å². The molecule has 0 bridgehead atoms. The fourth-order valence-corrected chi connectivity index (χ4v) is 2.55. The molecule has 86 valence electrons. The highest BCUT2D eigenvalue weighted by atomic mass is 16.3. The van der Waals surface area contributed by atoms with Gasteiger partial charge in [-0.2, -0.15) is 0 Å². The molecule has 1 heteroatoms. The predicted octanol–water partition coefficient (Wildman–Crippen LogP) is 3.48. The molecule has 1 aromatic carbocycles. The van der Waals surface area contributed by atoms with E-state index >= 15 is 0 Å². The molecule has 1 N–H and O–H groups in total. The third-order valence-electron chi connectivity index (χ3n) is 3.42. The normalized spacial score (nSPS) is 20.7. The van der Waals surface area contributed by atoms with Gasteiger partial charge < -0.3 is 5.11 Å². The van der Waals surface area contributed by atoms with Crippen LogP contribution in [0.15, 0.2) is 24.3 Å². The molecule has 1 aromatic rings. The molecule has 1 atom stereocenters. The Labute approximate surface area is 97.8 Å². The molecule has 2 rings (SSSR count). The SMILES string of the molecule is Cc1ccc(C2=CC(CO)CCC2)c(C)c1. The zero-order valence-corrected chi connectivity index (χ0v) is 10.2. The summed E-state index contributed by atoms with van der Waals surface area (Å²) in [7, 11) is 0. The van der Waals surface area contributed by atoms with Gasteiger partial charge in [0.05, 0.1) is 0 Å². The Morgan fingerprint density at radius 1 is 1.31 bits per heavy atom. The predicted molar refractivity (Wildman–Crippen MR) is 68.3 cm³/mol. The minimum atomic E-state index is 0.286. The van der Waals surface area contributed by atoms with Crippen LogP contribution in [-0.4, -0.2) is 11.7 Å². The smallest absolute Gasteiger partial charge is 0.0494 e. The average Bonchev–Trinajstić information content (AvgIpc) is 2.29. The van der Waals surface area contributed by atoms with E-state index in [9.17, 15) is 5.11 Å². The van der Waals surface area contributed by atoms with Gasteiger partial charge in [-0.3, -0.25) is 0 Å². The van der Waals surface area contributed by atoms with Gasteiger partial charge in [-0.1, -0.05) is 29.8 Å². The molecule has 0 aromatic heterocycles. The first kappa shape index (κ1) is 11.4. The minimum absolute atomic E-state index is 0.286. The fraction of sp³-hybridized carbons (Fsp3) is 0.467. The number of aliphatic hydroxyl groups is 1. The maximum Gasteiger partial charge on any atom is 0.0494 e. The fourth-order valence-electron chi connectivity index (χ4n) is 2.55. The van der Waals surface area contributed by atoms with Crippen molar-refractivity contribution < 1.29 is 5.11 Å². The van der Waals surface area contributed by atoms with Crippen molar-refractivity contribution >= 4 is 5.57 Å². The van der Waals surface area contributed by atoms with Crippen LogP contribution in [0.1, 0.15) is 36.0 Å². The zero-order valence-electron chi connectivity index (χ0n) is 10.2. The molecule has 0 spiro atoms. The monoisotopic (exact) mass is 216 g/mol. The molecule has 0 saturated carbocycles. The molecule has 0 radical (unpaired) electrons. The van der Waals surface area contributed by atoms with E-state index in [2.05, 4.69) is 38.1 Å². The third-order valence-corrected chi connectivity index (χ3v) is 3.42. The van der Waals surface area contributed by atoms with Crippen LogP contribution < -0.4 is 0 Å². The molecular weight excluding hydrogens is 196 g/mol. The van der Waals surface area contributed by atoms with Crippen LogP contribution in [-0.2, 0) is 0 Å². The van der Waals surface area contributed by atoms with Gasteiger partial charge in [0.15, 0.2) is 0 Å². The Bertz CT molecular complexity index is 404. The molecule has 1 nitrogen and oxygen atoms in total. The summed E-state index contributed by atoms with van der Waals surface area (Å²) in [4.78, 5) is 0. The number of allylic oxidation sites excluding steroid dienone is 1. The Balaban J connectivity index is 2.33. The van der Waals surface area contributed by atoms with Gasteiger partial charge in [0, 0.05) is 12.5 Å². The van der Waals surface area contributed by atoms with Gasteiger partial charge in [0.2, 0.25) is 0 Å². The summed E-state index contributed by atoms with van der Waals surface area (Å²) in [5.74, 6) is 0.365. The maximum atomic E-state index is 9.22. The first-order chi connectivity index (χ1) is 7.70. The summed E-state index contributed by atoms with van der Waals surface area (Å²) in [5.41, 5.74) is 5.45. The second kappa shape index (κ2) is 4.84. The second-order valence-electron chi connectivity index (χ2n) is 4.85. The van der Waals surface area contributed by atoms with Crippen LogP contribution >= 0.6 is 0 Å². The van der Waals surface area contributed by atoms with Gasteiger partial charge in [-0.15, -0.1) is 0 Å². The van der Waals surface area contributed by atoms with Gasteiger partial charge in [0.1, 0.15) is 0 Å². The Morgan fingerprint density at radius 2 is 2.12 bits per heavy atom. The standard InChI is InChI=1S/C15H20O/c1-11-6-7-15(12(2)8-11)14-5-3-4-13(9-14)10-16/h6-9,13,16H,3-5,10H2,1-2H3. The van der Waals surface area contributed by atoms with E-state index in [1.165, 1.54) is 28.7 Å². The van der Waals surface area contributed by atoms with E-state index in [0.29, 0.717) is 5.92 Å². The lowest BCUT2D eigenvalue weighted by atomic mass is 9.86. The summed E-state index contributed by atoms with van der Waals surface area (Å²) in [6.07, 6.45) is 5.75. The number of benzene rings is 1. The molecule has 0 saturated heterocycles. The van der Waals surface area contributed by atoms with Gasteiger partial charge in [0.25, 0.3) is 0 Å². The number of aryl methyl sites for hydroxylation is 2. The van der Waals surface area contributed by atoms with Crippen molar-refractivity contribution in [2.75, 3.05) is 6.61 Å². The lowest BCUT2D eigenvalue weighted by Gasteiger charge is -2.21. The van der Waals surface area contributed by atoms with E-state index in [0.717, 1.165) is 12.8 Å². The van der Waals surface area contributed by atoms with E-state index < -0.39 is 0 Å². The van der Waals surface area contributed by atoms with Crippen LogP contribution in [0.5, 0.6) is 0 Å². The third kappa shape index (κ3) is 2.35. The van der Waals surface area contributed by atoms with Crippen molar-refractivity contribution in [3.8, 4) is 0 Å². The van der Waals surface area contributed by atoms with Crippen molar-refractivity contribution in [2.24, 2.45) is 5.92 Å². The molecule has 16 heavy (non-hydrogen) atoms. The van der Waals surface area contributed by atoms with Crippen LogP contribution in [0.4, 0.5) is 0 Å². The Morgan fingerprint density at radius 3 is 2.81 bits per heavy atom. The lowest BCUT2D eigenvalue weighted by molar-refractivity contribution is 0.242. The van der Waals surface area contributed by atoms with Gasteiger partial charge in [-0.05, 0) is 49.8 Å². The number of hydrogen-bond acceptors (Lipinski definition) is 1. The highest BCUT2D eigenvalue weighted by Crippen LogP contribution is 2.31. The molecule has 0 fully saturated rings. The summed E-state index contributed by atoms with van der Waals surface area (Å²) < 4.78 is 0. The van der Waals surface area contributed by atoms with Crippen LogP contribution in [0, 0.1) is 19.8 Å². The molecular formula is C15H20O. The number of aliphatic hydroxyl groups excluding tert-OH is 1. The molecule has 0 aliphatic heterocycles. The van der Waals surface area contributed by atoms with Crippen molar-refractivity contribution in [1.82, 2.24) is 0 Å². The van der Waals surface area contributed by atoms with Crippen LogP contribution in [0.25, 0.3) is 5.57 Å². The highest BCUT2D eigenvalue weighted by molar-refractivity contribution is 5.69. The minimum Gasteiger partial charge on any atom is -0.396 e. The maximum absolute atomic E-state index is 9.22. The summed E-state index contributed by atoms with van der Waals surface area (Å²) in [6, 6.07) is 6.63. The summed E-state index contributed by atoms with van der Waals surface area (Å²) in [6.45, 7) is 4.59. The molecule has 0 amide bonds. The van der Waals surface area contributed by atoms with Crippen LogP contribution in [0.2, 0.25) is 0 Å². The van der Waals surface area contributed by atoms with E-state index in [4.69, 9.17) is 0 Å². The average molecular weight is 216 g/mol. The lowest BCUT2D eigenvalue weighted by Crippen LogP contribution is -2.08. The molecule has 1 aliphatic carbocycles. The largest absolute Gasteiger partial charge is 0.396 e. The molecule has 1 unspecified atom stereocenters. The quantitative estimate of drug-likeness (QED) is 0.802. The van der Waals surface area contributed by atoms with Crippen molar-refractivity contribution in [1.29, 1.82) is 0 Å². The van der Waals surface area contributed by atoms with Crippen molar-refractivity contribution in [3.05, 3.63) is 41.0 Å². The molecule has 1 aliphatic rings. The second-order valence-corrected chi connectivity index (χ2v) is 4.85. The van der Waals surface area contributed by atoms with Crippen molar-refractivity contribution in [2.45, 2.75) is 33.1 Å². The summed E-state index contributed by atoms with van der Waals surface area (Å²) >= 11 is 0. The first-order valence-electron chi connectivity index (χ1n) is 6.10. The topological polar surface area (TPSA) is 20.2 Å². The number of hydrogen-bond donors (Lipinski definition) is 1. The van der Waals surface area contributed by atoms with Gasteiger partial charge in [-0.25, -0.2) is 0 Å². The Hall–Kier alpha value is -1.08. The Kier molecular flexibility index (Phi) is 3.45. The van der Waals surface area contributed by atoms with E-state index in [1.807, 2.05) is 0 Å². The molecule has 0 heterocycles. The first-order valence-corrected chi connectivity index (χ1v) is 6.10. The highest BCUT2D eigenvalue weighted by Gasteiger charge is 2.14. The number of rotatable bonds is 2. The van der Waals surface area contributed by atoms with Crippen LogP contribution in [0.3, 0.4) is 0 Å². The van der Waals surface area contributed by atoms with E-state index in [-0.39, 0.29) is 6.61 Å². The van der Waals surface area contributed by atoms with Gasteiger partial charge >= 0.3 is 0 Å².